The molecule has 59 heavy (non-hydrogen) atoms. The minimum atomic E-state index is -4.87. The SMILES string of the molecule is CC(C)CCCCCCCCCCCCCC(=O)OC[C@H](COP(=O)(O)OC[C@@H](O)COP(=O)(O)O)OC(=O)CCC/C=C\C/C=C\C/C=C\C/C=C\CCC[C@H](C)O. The number of aliphatic hydroxyl groups excluding tert-OH is 2. The van der Waals surface area contributed by atoms with E-state index in [1.54, 1.807) is 6.92 Å². The van der Waals surface area contributed by atoms with Crippen LogP contribution in [0.2, 0.25) is 0 Å². The minimum absolute atomic E-state index is 0.0434. The predicted octanol–water partition coefficient (Wildman–Crippen LogP) is 9.89. The summed E-state index contributed by atoms with van der Waals surface area (Å²) >= 11 is 0. The average molecular weight is 881 g/mol. The van der Waals surface area contributed by atoms with Gasteiger partial charge in [-0.15, -0.1) is 0 Å². The fourth-order valence-electron chi connectivity index (χ4n) is 5.60. The van der Waals surface area contributed by atoms with E-state index in [0.29, 0.717) is 19.3 Å². The molecule has 0 aliphatic carbocycles. The number of carbonyl (C=O) groups excluding carboxylic acids is 2. The van der Waals surface area contributed by atoms with Crippen molar-refractivity contribution in [2.45, 2.75) is 180 Å². The van der Waals surface area contributed by atoms with Crippen LogP contribution in [0.5, 0.6) is 0 Å². The Hall–Kier alpha value is -1.96. The van der Waals surface area contributed by atoms with Gasteiger partial charge in [-0.25, -0.2) is 9.13 Å². The summed E-state index contributed by atoms with van der Waals surface area (Å²) in [5.74, 6) is -0.334. The van der Waals surface area contributed by atoms with Gasteiger partial charge in [-0.05, 0) is 70.6 Å². The zero-order valence-corrected chi connectivity index (χ0v) is 37.9. The first-order chi connectivity index (χ1) is 28.1. The first kappa shape index (κ1) is 57.0. The number of phosphoric ester groups is 2. The molecule has 0 fully saturated rings. The van der Waals surface area contributed by atoms with E-state index in [-0.39, 0.29) is 18.9 Å². The molecule has 0 aromatic heterocycles. The normalized spacial score (nSPS) is 15.1. The Balaban J connectivity index is 4.62. The van der Waals surface area contributed by atoms with Crippen LogP contribution in [0.1, 0.15) is 162 Å². The van der Waals surface area contributed by atoms with E-state index in [1.807, 2.05) is 12.2 Å². The van der Waals surface area contributed by atoms with Crippen molar-refractivity contribution in [2.24, 2.45) is 5.92 Å². The van der Waals surface area contributed by atoms with Gasteiger partial charge in [0.1, 0.15) is 12.7 Å². The monoisotopic (exact) mass is 880 g/mol. The van der Waals surface area contributed by atoms with Gasteiger partial charge >= 0.3 is 27.6 Å². The smallest absolute Gasteiger partial charge is 0.462 e. The highest BCUT2D eigenvalue weighted by molar-refractivity contribution is 7.47. The fourth-order valence-corrected chi connectivity index (χ4v) is 6.76. The Morgan fingerprint density at radius 1 is 0.525 bits per heavy atom. The Morgan fingerprint density at radius 2 is 0.983 bits per heavy atom. The summed E-state index contributed by atoms with van der Waals surface area (Å²) in [6, 6.07) is 0. The summed E-state index contributed by atoms with van der Waals surface area (Å²) in [6.07, 6.45) is 34.0. The molecule has 0 amide bonds. The number of rotatable bonds is 40. The van der Waals surface area contributed by atoms with Crippen LogP contribution in [0, 0.1) is 5.92 Å². The molecule has 0 heterocycles. The van der Waals surface area contributed by atoms with Crippen molar-refractivity contribution in [1.82, 2.24) is 0 Å². The van der Waals surface area contributed by atoms with Crippen molar-refractivity contribution in [3.8, 4) is 0 Å². The molecule has 14 nitrogen and oxygen atoms in total. The van der Waals surface area contributed by atoms with Crippen LogP contribution < -0.4 is 0 Å². The van der Waals surface area contributed by atoms with Crippen molar-refractivity contribution in [3.63, 3.8) is 0 Å². The molecule has 0 aromatic rings. The summed E-state index contributed by atoms with van der Waals surface area (Å²) in [5, 5.41) is 19.0. The molecule has 4 atom stereocenters. The summed E-state index contributed by atoms with van der Waals surface area (Å²) in [7, 11) is -9.70. The van der Waals surface area contributed by atoms with Crippen LogP contribution >= 0.6 is 15.6 Å². The van der Waals surface area contributed by atoms with E-state index in [0.717, 1.165) is 63.7 Å². The molecule has 344 valence electrons. The third kappa shape index (κ3) is 43.9. The summed E-state index contributed by atoms with van der Waals surface area (Å²) in [6.45, 7) is 3.54. The maximum absolute atomic E-state index is 12.6. The Labute approximate surface area is 354 Å². The van der Waals surface area contributed by atoms with E-state index < -0.39 is 66.2 Å². The second-order valence-electron chi connectivity index (χ2n) is 15.4. The van der Waals surface area contributed by atoms with Crippen molar-refractivity contribution in [2.75, 3.05) is 26.4 Å². The first-order valence-electron chi connectivity index (χ1n) is 21.7. The van der Waals surface area contributed by atoms with Crippen LogP contribution in [0.4, 0.5) is 0 Å². The quantitative estimate of drug-likeness (QED) is 0.0168. The topological polar surface area (TPSA) is 216 Å². The lowest BCUT2D eigenvalue weighted by atomic mass is 10.0. The highest BCUT2D eigenvalue weighted by Gasteiger charge is 2.28. The van der Waals surface area contributed by atoms with E-state index >= 15 is 0 Å². The standard InChI is InChI=1S/C43H78O14P2/c1-38(2)30-26-22-18-14-10-9-13-16-20-24-28-32-42(46)53-36-41(37-56-59(51,52)55-35-40(45)34-54-58(48,49)50)57-43(47)33-29-25-21-17-12-8-6-4-5-7-11-15-19-23-27-31-39(3)44/h5-8,15,17,19,21,38-41,44-45H,4,9-14,16,18,20,22-37H2,1-3H3,(H,51,52)(H2,48,49,50)/b7-5-,8-6-,19-15-,21-17-/t39-,40-,41+/m0/s1. The van der Waals surface area contributed by atoms with Crippen LogP contribution in [-0.2, 0) is 41.8 Å². The minimum Gasteiger partial charge on any atom is -0.462 e. The molecule has 0 saturated carbocycles. The van der Waals surface area contributed by atoms with Gasteiger partial charge in [0.25, 0.3) is 0 Å². The van der Waals surface area contributed by atoms with E-state index in [2.05, 4.69) is 59.4 Å². The number of phosphoric acid groups is 2. The molecule has 0 saturated heterocycles. The lowest BCUT2D eigenvalue weighted by Gasteiger charge is -2.20. The highest BCUT2D eigenvalue weighted by Crippen LogP contribution is 2.43. The number of unbranched alkanes of at least 4 members (excludes halogenated alkanes) is 12. The summed E-state index contributed by atoms with van der Waals surface area (Å²) < 4.78 is 47.7. The van der Waals surface area contributed by atoms with Crippen molar-refractivity contribution in [1.29, 1.82) is 0 Å². The lowest BCUT2D eigenvalue weighted by Crippen LogP contribution is -2.29. The lowest BCUT2D eigenvalue weighted by molar-refractivity contribution is -0.161. The van der Waals surface area contributed by atoms with Crippen molar-refractivity contribution in [3.05, 3.63) is 48.6 Å². The van der Waals surface area contributed by atoms with Crippen LogP contribution in [0.25, 0.3) is 0 Å². The molecular weight excluding hydrogens is 802 g/mol. The predicted molar refractivity (Wildman–Crippen MR) is 231 cm³/mol. The molecule has 0 bridgehead atoms. The maximum atomic E-state index is 12.6. The molecule has 0 aromatic carbocycles. The number of hydrogen-bond donors (Lipinski definition) is 5. The van der Waals surface area contributed by atoms with Crippen LogP contribution in [0.15, 0.2) is 48.6 Å². The molecule has 0 spiro atoms. The van der Waals surface area contributed by atoms with Crippen molar-refractivity contribution >= 4 is 27.6 Å². The number of esters is 2. The third-order valence-corrected chi connectivity index (χ3v) is 10.3. The fraction of sp³-hybridized carbons (Fsp3) is 0.767. The molecule has 1 unspecified atom stereocenters. The molecule has 16 heteroatoms. The van der Waals surface area contributed by atoms with Crippen LogP contribution in [0.3, 0.4) is 0 Å². The van der Waals surface area contributed by atoms with E-state index in [1.165, 1.54) is 51.4 Å². The average Bonchev–Trinajstić information content (AvgIpc) is 3.16. The Kier molecular flexibility index (Phi) is 36.5. The zero-order chi connectivity index (χ0) is 44.0. The number of aliphatic hydroxyl groups is 2. The second kappa shape index (κ2) is 37.8. The van der Waals surface area contributed by atoms with Gasteiger partial charge in [0.2, 0.25) is 0 Å². The molecule has 5 N–H and O–H groups in total. The Bertz CT molecular complexity index is 1260. The van der Waals surface area contributed by atoms with Gasteiger partial charge in [-0.3, -0.25) is 23.2 Å². The summed E-state index contributed by atoms with van der Waals surface area (Å²) in [5.41, 5.74) is 0. The molecule has 0 rings (SSSR count). The van der Waals surface area contributed by atoms with Gasteiger partial charge in [-0.1, -0.05) is 133 Å². The van der Waals surface area contributed by atoms with Gasteiger partial charge < -0.3 is 34.4 Å². The maximum Gasteiger partial charge on any atom is 0.472 e. The zero-order valence-electron chi connectivity index (χ0n) is 36.1. The number of carbonyl (C=O) groups is 2. The van der Waals surface area contributed by atoms with E-state index in [4.69, 9.17) is 23.8 Å². The second-order valence-corrected chi connectivity index (χ2v) is 18.1. The van der Waals surface area contributed by atoms with Gasteiger partial charge in [0, 0.05) is 12.8 Å². The Morgan fingerprint density at radius 3 is 1.51 bits per heavy atom. The molecule has 0 aliphatic rings. The van der Waals surface area contributed by atoms with Gasteiger partial charge in [0.15, 0.2) is 6.10 Å². The number of allylic oxidation sites excluding steroid dienone is 8. The van der Waals surface area contributed by atoms with E-state index in [9.17, 15) is 33.8 Å². The highest BCUT2D eigenvalue weighted by atomic mass is 31.2. The number of ether oxygens (including phenoxy) is 2. The third-order valence-electron chi connectivity index (χ3n) is 8.91. The van der Waals surface area contributed by atoms with Crippen molar-refractivity contribution < 1.29 is 66.7 Å². The van der Waals surface area contributed by atoms with Crippen LogP contribution in [-0.4, -0.2) is 81.6 Å². The molecular formula is C43H78O14P2. The first-order valence-corrected chi connectivity index (χ1v) is 24.7. The largest absolute Gasteiger partial charge is 0.472 e. The number of hydrogen-bond acceptors (Lipinski definition) is 11. The molecule has 0 radical (unpaired) electrons. The van der Waals surface area contributed by atoms with Gasteiger partial charge in [-0.2, -0.15) is 0 Å². The molecule has 0 aliphatic heterocycles. The summed E-state index contributed by atoms with van der Waals surface area (Å²) in [4.78, 5) is 52.6. The van der Waals surface area contributed by atoms with Gasteiger partial charge in [0.05, 0.1) is 25.9 Å².